The Bertz CT molecular complexity index is 1380. The van der Waals surface area contributed by atoms with Crippen LogP contribution in [0.2, 0.25) is 0 Å². The topological polar surface area (TPSA) is 139 Å². The van der Waals surface area contributed by atoms with E-state index in [0.29, 0.717) is 28.7 Å². The number of nitrogens with one attached hydrogen (secondary N) is 2. The first-order valence-corrected chi connectivity index (χ1v) is 11.0. The molecule has 10 heteroatoms. The zero-order valence-electron chi connectivity index (χ0n) is 19.3. The van der Waals surface area contributed by atoms with E-state index in [1.807, 2.05) is 19.9 Å². The average Bonchev–Trinajstić information content (AvgIpc) is 2.83. The number of hydrogen-bond donors (Lipinski definition) is 2. The number of fused-ring (bicyclic) bond motifs is 1. The summed E-state index contributed by atoms with van der Waals surface area (Å²) < 4.78 is 2.70. The molecule has 3 rings (SSSR count). The van der Waals surface area contributed by atoms with Gasteiger partial charge in [-0.1, -0.05) is 6.92 Å². The minimum atomic E-state index is -0.392. The lowest BCUT2D eigenvalue weighted by Gasteiger charge is -2.14. The number of aromatic nitrogens is 3. The fraction of sp³-hybridized carbons (Fsp3) is 0.333. The van der Waals surface area contributed by atoms with Gasteiger partial charge in [0, 0.05) is 37.9 Å². The maximum atomic E-state index is 12.7. The first-order chi connectivity index (χ1) is 16.3. The van der Waals surface area contributed by atoms with Crippen LogP contribution < -0.4 is 21.9 Å². The van der Waals surface area contributed by atoms with Crippen LogP contribution in [-0.2, 0) is 17.9 Å². The van der Waals surface area contributed by atoms with Crippen LogP contribution in [-0.4, -0.2) is 32.5 Å². The van der Waals surface area contributed by atoms with Gasteiger partial charge in [-0.05, 0) is 50.1 Å². The van der Waals surface area contributed by atoms with Gasteiger partial charge in [-0.15, -0.1) is 0 Å². The first kappa shape index (κ1) is 24.4. The van der Waals surface area contributed by atoms with Crippen molar-refractivity contribution in [2.45, 2.75) is 40.3 Å². The number of nitriles is 1. The maximum Gasteiger partial charge on any atom is 0.331 e. The molecule has 0 aliphatic carbocycles. The number of carbonyl (C=O) groups is 2. The molecule has 0 fully saturated rings. The van der Waals surface area contributed by atoms with E-state index in [1.165, 1.54) is 27.5 Å². The number of aryl methyl sites for hydroxylation is 1. The summed E-state index contributed by atoms with van der Waals surface area (Å²) in [6.45, 7) is 6.34. The van der Waals surface area contributed by atoms with Crippen molar-refractivity contribution in [3.05, 3.63) is 68.6 Å². The molecule has 34 heavy (non-hydrogen) atoms. The summed E-state index contributed by atoms with van der Waals surface area (Å²) in [4.78, 5) is 53.8. The molecule has 3 aromatic rings. The number of hydrogen-bond acceptors (Lipinski definition) is 6. The number of rotatable bonds is 8. The van der Waals surface area contributed by atoms with Gasteiger partial charge < -0.3 is 10.6 Å². The summed E-state index contributed by atoms with van der Waals surface area (Å²) in [6.07, 6.45) is 1.48. The van der Waals surface area contributed by atoms with Crippen LogP contribution in [0.4, 0.5) is 5.69 Å². The van der Waals surface area contributed by atoms with Crippen LogP contribution >= 0.6 is 0 Å². The summed E-state index contributed by atoms with van der Waals surface area (Å²) in [6, 6.07) is 9.77. The third kappa shape index (κ3) is 5.20. The molecule has 0 saturated heterocycles. The predicted molar refractivity (Wildman–Crippen MR) is 128 cm³/mol. The molecule has 2 aromatic heterocycles. The smallest absolute Gasteiger partial charge is 0.331 e. The normalized spacial score (nSPS) is 11.6. The Morgan fingerprint density at radius 2 is 1.85 bits per heavy atom. The lowest BCUT2D eigenvalue weighted by atomic mass is 10.1. The minimum absolute atomic E-state index is 0.150. The molecular weight excluding hydrogens is 436 g/mol. The van der Waals surface area contributed by atoms with Crippen LogP contribution in [0, 0.1) is 17.2 Å². The fourth-order valence-corrected chi connectivity index (χ4v) is 3.65. The highest BCUT2D eigenvalue weighted by atomic mass is 16.2. The summed E-state index contributed by atoms with van der Waals surface area (Å²) in [7, 11) is 0. The Hall–Kier alpha value is -4.26. The second-order valence-electron chi connectivity index (χ2n) is 7.92. The average molecular weight is 463 g/mol. The molecular formula is C24H26N6O4. The van der Waals surface area contributed by atoms with Crippen LogP contribution in [0.1, 0.15) is 43.2 Å². The molecule has 1 atom stereocenters. The molecule has 0 aliphatic rings. The van der Waals surface area contributed by atoms with Crippen molar-refractivity contribution in [1.29, 1.82) is 5.26 Å². The van der Waals surface area contributed by atoms with Crippen LogP contribution in [0.15, 0.2) is 46.1 Å². The zero-order valence-corrected chi connectivity index (χ0v) is 19.3. The van der Waals surface area contributed by atoms with Gasteiger partial charge in [0.1, 0.15) is 11.8 Å². The molecule has 2 amide bonds. The Balaban J connectivity index is 1.65. The quantitative estimate of drug-likeness (QED) is 0.524. The molecule has 10 nitrogen and oxygen atoms in total. The number of nitrogens with zero attached hydrogens (tertiary/aromatic N) is 4. The summed E-state index contributed by atoms with van der Waals surface area (Å²) in [5.41, 5.74) is 0.785. The molecule has 0 aliphatic heterocycles. The van der Waals surface area contributed by atoms with E-state index < -0.39 is 5.56 Å². The Labute approximate surface area is 195 Å². The third-order valence-corrected chi connectivity index (χ3v) is 5.43. The summed E-state index contributed by atoms with van der Waals surface area (Å²) in [5, 5.41) is 14.7. The number of anilines is 1. The van der Waals surface area contributed by atoms with Crippen LogP contribution in [0.25, 0.3) is 10.9 Å². The van der Waals surface area contributed by atoms with Crippen molar-refractivity contribution in [2.75, 3.05) is 11.9 Å². The lowest BCUT2D eigenvalue weighted by Crippen LogP contribution is -2.39. The number of benzene rings is 1. The molecule has 1 aromatic carbocycles. The molecule has 0 spiro atoms. The second kappa shape index (κ2) is 10.6. The highest BCUT2D eigenvalue weighted by Crippen LogP contribution is 2.16. The van der Waals surface area contributed by atoms with Gasteiger partial charge in [-0.25, -0.2) is 9.78 Å². The van der Waals surface area contributed by atoms with Crippen molar-refractivity contribution < 1.29 is 9.59 Å². The van der Waals surface area contributed by atoms with E-state index in [9.17, 15) is 19.2 Å². The number of amides is 2. The highest BCUT2D eigenvalue weighted by Gasteiger charge is 2.15. The van der Waals surface area contributed by atoms with Crippen molar-refractivity contribution >= 4 is 28.4 Å². The van der Waals surface area contributed by atoms with Gasteiger partial charge >= 0.3 is 5.69 Å². The molecule has 1 unspecified atom stereocenters. The molecule has 176 valence electrons. The molecule has 2 N–H and O–H groups in total. The Kier molecular flexibility index (Phi) is 7.58. The van der Waals surface area contributed by atoms with E-state index in [0.717, 1.165) is 0 Å². The Morgan fingerprint density at radius 3 is 2.47 bits per heavy atom. The molecule has 2 heterocycles. The molecule has 0 saturated carbocycles. The van der Waals surface area contributed by atoms with Crippen molar-refractivity contribution in [3.63, 3.8) is 0 Å². The van der Waals surface area contributed by atoms with E-state index in [2.05, 4.69) is 15.6 Å². The SMILES string of the molecule is CCn1c(=O)c2cc(NC(=O)CC(C)CNC(=O)c3ccc(C#N)nc3)ccc2n(CC)c1=O. The highest BCUT2D eigenvalue weighted by molar-refractivity contribution is 5.95. The minimum Gasteiger partial charge on any atom is -0.352 e. The largest absolute Gasteiger partial charge is 0.352 e. The van der Waals surface area contributed by atoms with Gasteiger partial charge in [0.05, 0.1) is 16.5 Å². The summed E-state index contributed by atoms with van der Waals surface area (Å²) >= 11 is 0. The summed E-state index contributed by atoms with van der Waals surface area (Å²) in [5.74, 6) is -0.757. The van der Waals surface area contributed by atoms with Crippen molar-refractivity contribution in [1.82, 2.24) is 19.4 Å². The number of pyridine rings is 1. The third-order valence-electron chi connectivity index (χ3n) is 5.43. The van der Waals surface area contributed by atoms with Crippen molar-refractivity contribution in [3.8, 4) is 6.07 Å². The molecule has 0 radical (unpaired) electrons. The zero-order chi connectivity index (χ0) is 24.8. The monoisotopic (exact) mass is 462 g/mol. The van der Waals surface area contributed by atoms with E-state index in [4.69, 9.17) is 5.26 Å². The first-order valence-electron chi connectivity index (χ1n) is 11.0. The van der Waals surface area contributed by atoms with E-state index in [-0.39, 0.29) is 48.6 Å². The van der Waals surface area contributed by atoms with Gasteiger partial charge in [0.25, 0.3) is 11.5 Å². The maximum absolute atomic E-state index is 12.7. The van der Waals surface area contributed by atoms with E-state index >= 15 is 0 Å². The van der Waals surface area contributed by atoms with Gasteiger partial charge in [0.15, 0.2) is 0 Å². The second-order valence-corrected chi connectivity index (χ2v) is 7.92. The van der Waals surface area contributed by atoms with E-state index in [1.54, 1.807) is 25.1 Å². The lowest BCUT2D eigenvalue weighted by molar-refractivity contribution is -0.116. The Morgan fingerprint density at radius 1 is 1.12 bits per heavy atom. The van der Waals surface area contributed by atoms with Crippen LogP contribution in [0.5, 0.6) is 0 Å². The van der Waals surface area contributed by atoms with Crippen LogP contribution in [0.3, 0.4) is 0 Å². The molecule has 0 bridgehead atoms. The van der Waals surface area contributed by atoms with Gasteiger partial charge in [0.2, 0.25) is 5.91 Å². The van der Waals surface area contributed by atoms with Crippen molar-refractivity contribution in [2.24, 2.45) is 5.92 Å². The number of carbonyl (C=O) groups excluding carboxylic acids is 2. The fourth-order valence-electron chi connectivity index (χ4n) is 3.65. The standard InChI is InChI=1S/C24H26N6O4/c1-4-29-20-9-8-17(11-19(20)23(33)30(5-2)24(29)34)28-21(31)10-15(3)13-27-22(32)16-6-7-18(12-25)26-14-16/h6-9,11,14-15H,4-5,10,13H2,1-3H3,(H,27,32)(H,28,31). The predicted octanol–water partition coefficient (Wildman–Crippen LogP) is 1.86. The van der Waals surface area contributed by atoms with Gasteiger partial charge in [-0.2, -0.15) is 5.26 Å². The van der Waals surface area contributed by atoms with Gasteiger partial charge in [-0.3, -0.25) is 23.5 Å².